The molecule has 0 fully saturated rings. The molecule has 0 bridgehead atoms. The van der Waals surface area contributed by atoms with Gasteiger partial charge in [-0.15, -0.1) is 5.10 Å². The van der Waals surface area contributed by atoms with Crippen molar-refractivity contribution < 1.29 is 4.79 Å². The number of hydrogen-bond donors (Lipinski definition) is 0. The van der Waals surface area contributed by atoms with Crippen LogP contribution in [0.5, 0.6) is 0 Å². The van der Waals surface area contributed by atoms with Gasteiger partial charge >= 0.3 is 0 Å². The van der Waals surface area contributed by atoms with Gasteiger partial charge in [0.2, 0.25) is 0 Å². The van der Waals surface area contributed by atoms with Gasteiger partial charge in [0.05, 0.1) is 12.2 Å². The minimum Gasteiger partial charge on any atom is -0.292 e. The fourth-order valence-electron chi connectivity index (χ4n) is 2.71. The van der Waals surface area contributed by atoms with Gasteiger partial charge in [0, 0.05) is 10.6 Å². The van der Waals surface area contributed by atoms with E-state index in [0.29, 0.717) is 21.9 Å². The maximum atomic E-state index is 12.7. The van der Waals surface area contributed by atoms with Crippen molar-refractivity contribution in [2.45, 2.75) is 13.5 Å². The van der Waals surface area contributed by atoms with Crippen molar-refractivity contribution in [2.75, 3.05) is 0 Å². The number of fused-ring (bicyclic) bond motifs is 1. The molecule has 134 valence electrons. The van der Waals surface area contributed by atoms with Crippen LogP contribution in [0.2, 0.25) is 5.02 Å². The van der Waals surface area contributed by atoms with Crippen LogP contribution in [-0.2, 0) is 6.54 Å². The van der Waals surface area contributed by atoms with Crippen molar-refractivity contribution in [3.63, 3.8) is 0 Å². The van der Waals surface area contributed by atoms with Crippen molar-refractivity contribution in [3.05, 3.63) is 81.4 Å². The fourth-order valence-corrected chi connectivity index (χ4v) is 2.89. The van der Waals surface area contributed by atoms with E-state index in [4.69, 9.17) is 11.6 Å². The average molecular weight is 380 g/mol. The van der Waals surface area contributed by atoms with Gasteiger partial charge in [0.15, 0.2) is 16.9 Å². The Morgan fingerprint density at radius 3 is 2.67 bits per heavy atom. The zero-order chi connectivity index (χ0) is 19.0. The molecule has 2 aromatic carbocycles. The Morgan fingerprint density at radius 1 is 1.15 bits per heavy atom. The largest absolute Gasteiger partial charge is 0.292 e. The topological polar surface area (TPSA) is 82.7 Å². The quantitative estimate of drug-likeness (QED) is 0.509. The highest BCUT2D eigenvalue weighted by atomic mass is 35.5. The van der Waals surface area contributed by atoms with Crippen molar-refractivity contribution in [3.8, 4) is 5.69 Å². The maximum Gasteiger partial charge on any atom is 0.283 e. The standard InChI is InChI=1S/C19H14ClN5O2/c1-12-7-8-14(9-15(12)20)25-18-17(22-23-25)19(27)24(11-21-18)10-16(26)13-5-3-2-4-6-13/h2-9,11H,10H2,1H3. The Balaban J connectivity index is 1.72. The molecule has 0 aliphatic rings. The first-order valence-corrected chi connectivity index (χ1v) is 8.58. The fraction of sp³-hybridized carbons (Fsp3) is 0.105. The summed E-state index contributed by atoms with van der Waals surface area (Å²) in [5, 5.41) is 8.55. The highest BCUT2D eigenvalue weighted by molar-refractivity contribution is 6.31. The first-order chi connectivity index (χ1) is 13.0. The third-order valence-electron chi connectivity index (χ3n) is 4.24. The summed E-state index contributed by atoms with van der Waals surface area (Å²) in [5.41, 5.74) is 2.09. The predicted octanol–water partition coefficient (Wildman–Crippen LogP) is 2.82. The smallest absolute Gasteiger partial charge is 0.283 e. The van der Waals surface area contributed by atoms with Crippen LogP contribution in [-0.4, -0.2) is 30.3 Å². The highest BCUT2D eigenvalue weighted by Gasteiger charge is 2.15. The monoisotopic (exact) mass is 379 g/mol. The number of aryl methyl sites for hydroxylation is 1. The third kappa shape index (κ3) is 3.13. The lowest BCUT2D eigenvalue weighted by Gasteiger charge is -2.06. The van der Waals surface area contributed by atoms with E-state index in [1.54, 1.807) is 30.3 Å². The van der Waals surface area contributed by atoms with Crippen molar-refractivity contribution in [2.24, 2.45) is 0 Å². The summed E-state index contributed by atoms with van der Waals surface area (Å²) in [5.74, 6) is -0.184. The van der Waals surface area contributed by atoms with Gasteiger partial charge < -0.3 is 0 Å². The van der Waals surface area contributed by atoms with Gasteiger partial charge in [-0.25, -0.2) is 4.98 Å². The van der Waals surface area contributed by atoms with E-state index in [1.807, 2.05) is 25.1 Å². The van der Waals surface area contributed by atoms with Crippen LogP contribution in [0.3, 0.4) is 0 Å². The number of aromatic nitrogens is 5. The van der Waals surface area contributed by atoms with Crippen LogP contribution < -0.4 is 5.56 Å². The number of benzene rings is 2. The number of Topliss-reactive ketones (excluding diaryl/α,β-unsaturated/α-hetero) is 1. The molecule has 7 nitrogen and oxygen atoms in total. The molecule has 0 N–H and O–H groups in total. The lowest BCUT2D eigenvalue weighted by atomic mass is 10.1. The molecular formula is C19H14ClN5O2. The van der Waals surface area contributed by atoms with Gasteiger partial charge in [0.1, 0.15) is 6.33 Å². The molecule has 4 rings (SSSR count). The van der Waals surface area contributed by atoms with E-state index in [-0.39, 0.29) is 17.8 Å². The number of hydrogen-bond acceptors (Lipinski definition) is 5. The second-order valence-corrected chi connectivity index (χ2v) is 6.48. The van der Waals surface area contributed by atoms with E-state index in [1.165, 1.54) is 15.6 Å². The molecule has 0 aliphatic heterocycles. The first-order valence-electron chi connectivity index (χ1n) is 8.20. The Morgan fingerprint density at radius 2 is 1.93 bits per heavy atom. The zero-order valence-electron chi connectivity index (χ0n) is 14.3. The first kappa shape index (κ1) is 17.1. The lowest BCUT2D eigenvalue weighted by Crippen LogP contribution is -2.25. The molecule has 0 unspecified atom stereocenters. The predicted molar refractivity (Wildman–Crippen MR) is 101 cm³/mol. The molecule has 8 heteroatoms. The SMILES string of the molecule is Cc1ccc(-n2nnc3c(=O)n(CC(=O)c4ccccc4)cnc32)cc1Cl. The molecule has 4 aromatic rings. The molecule has 0 atom stereocenters. The van der Waals surface area contributed by atoms with Crippen LogP contribution in [0.1, 0.15) is 15.9 Å². The van der Waals surface area contributed by atoms with E-state index in [9.17, 15) is 9.59 Å². The minimum absolute atomic E-state index is 0.0926. The van der Waals surface area contributed by atoms with Crippen molar-refractivity contribution in [1.29, 1.82) is 0 Å². The number of rotatable bonds is 4. The summed E-state index contributed by atoms with van der Waals surface area (Å²) in [4.78, 5) is 29.3. The van der Waals surface area contributed by atoms with E-state index >= 15 is 0 Å². The Bertz CT molecular complexity index is 1210. The molecule has 27 heavy (non-hydrogen) atoms. The summed E-state index contributed by atoms with van der Waals surface area (Å²) in [7, 11) is 0. The molecule has 2 aromatic heterocycles. The summed E-state index contributed by atoms with van der Waals surface area (Å²) in [6.07, 6.45) is 1.33. The Hall–Kier alpha value is -3.32. The number of ketones is 1. The van der Waals surface area contributed by atoms with Crippen LogP contribution in [0.4, 0.5) is 0 Å². The average Bonchev–Trinajstić information content (AvgIpc) is 3.12. The zero-order valence-corrected chi connectivity index (χ0v) is 15.1. The maximum absolute atomic E-state index is 12.7. The molecule has 2 heterocycles. The summed E-state index contributed by atoms with van der Waals surface area (Å²) < 4.78 is 2.68. The molecule has 0 saturated carbocycles. The van der Waals surface area contributed by atoms with Gasteiger partial charge in [-0.1, -0.05) is 53.2 Å². The lowest BCUT2D eigenvalue weighted by molar-refractivity contribution is 0.0970. The van der Waals surface area contributed by atoms with Crippen LogP contribution in [0.15, 0.2) is 59.7 Å². The normalized spacial score (nSPS) is 11.0. The Labute approximate surface area is 158 Å². The van der Waals surface area contributed by atoms with Crippen LogP contribution >= 0.6 is 11.6 Å². The minimum atomic E-state index is -0.422. The number of carbonyl (C=O) groups excluding carboxylic acids is 1. The molecule has 0 aliphatic carbocycles. The van der Waals surface area contributed by atoms with Crippen LogP contribution in [0.25, 0.3) is 16.9 Å². The van der Waals surface area contributed by atoms with Crippen LogP contribution in [0, 0.1) is 6.92 Å². The molecule has 0 spiro atoms. The summed E-state index contributed by atoms with van der Waals surface area (Å²) in [6.45, 7) is 1.78. The van der Waals surface area contributed by atoms with Gasteiger partial charge in [-0.05, 0) is 24.6 Å². The van der Waals surface area contributed by atoms with E-state index < -0.39 is 5.56 Å². The third-order valence-corrected chi connectivity index (χ3v) is 4.65. The van der Waals surface area contributed by atoms with Gasteiger partial charge in [0.25, 0.3) is 5.56 Å². The summed E-state index contributed by atoms with van der Waals surface area (Å²) >= 11 is 6.17. The molecular weight excluding hydrogens is 366 g/mol. The van der Waals surface area contributed by atoms with E-state index in [0.717, 1.165) is 5.56 Å². The Kier molecular flexibility index (Phi) is 4.29. The number of nitrogens with zero attached hydrogens (tertiary/aromatic N) is 5. The van der Waals surface area contributed by atoms with Gasteiger partial charge in [-0.3, -0.25) is 14.2 Å². The molecule has 0 amide bonds. The van der Waals surface area contributed by atoms with Crippen molar-refractivity contribution >= 4 is 28.5 Å². The van der Waals surface area contributed by atoms with E-state index in [2.05, 4.69) is 15.3 Å². The summed E-state index contributed by atoms with van der Waals surface area (Å²) in [6, 6.07) is 14.2. The molecule has 0 saturated heterocycles. The second kappa shape index (κ2) is 6.77. The number of carbonyl (C=O) groups is 1. The second-order valence-electron chi connectivity index (χ2n) is 6.07. The molecule has 0 radical (unpaired) electrons. The highest BCUT2D eigenvalue weighted by Crippen LogP contribution is 2.20. The van der Waals surface area contributed by atoms with Gasteiger partial charge in [-0.2, -0.15) is 4.68 Å². The van der Waals surface area contributed by atoms with Crippen molar-refractivity contribution in [1.82, 2.24) is 24.5 Å². The number of halogens is 1.